The molecule has 1 amide bonds. The summed E-state index contributed by atoms with van der Waals surface area (Å²) in [7, 11) is 1.61. The van der Waals surface area contributed by atoms with Gasteiger partial charge in [0, 0.05) is 5.92 Å². The normalized spacial score (nSPS) is 14.2. The van der Waals surface area contributed by atoms with Crippen LogP contribution in [0.2, 0.25) is 5.02 Å². The standard InChI is InChI=1S/C20H19ClN2O2S/c1-25-16-11-10-15(21)18-17(16)22-20(26-18)23(19(24)14-8-5-9-14)12-13-6-3-2-4-7-13/h2-4,6-7,10-11,14H,5,8-9,12H2,1H3. The Morgan fingerprint density at radius 1 is 1.27 bits per heavy atom. The summed E-state index contributed by atoms with van der Waals surface area (Å²) in [4.78, 5) is 19.6. The summed E-state index contributed by atoms with van der Waals surface area (Å²) >= 11 is 7.80. The van der Waals surface area contributed by atoms with Crippen molar-refractivity contribution in [3.05, 3.63) is 53.1 Å². The first-order valence-electron chi connectivity index (χ1n) is 8.65. The van der Waals surface area contributed by atoms with Gasteiger partial charge in [-0.15, -0.1) is 0 Å². The van der Waals surface area contributed by atoms with Gasteiger partial charge in [0.05, 0.1) is 23.4 Å². The first-order chi connectivity index (χ1) is 12.7. The van der Waals surface area contributed by atoms with Crippen LogP contribution in [0.4, 0.5) is 5.13 Å². The molecular formula is C20H19ClN2O2S. The van der Waals surface area contributed by atoms with E-state index in [1.54, 1.807) is 18.1 Å². The van der Waals surface area contributed by atoms with Crippen LogP contribution in [0.3, 0.4) is 0 Å². The molecule has 4 rings (SSSR count). The third kappa shape index (κ3) is 3.17. The summed E-state index contributed by atoms with van der Waals surface area (Å²) in [6.45, 7) is 0.510. The van der Waals surface area contributed by atoms with E-state index >= 15 is 0 Å². The Kier molecular flexibility index (Phi) is 4.83. The molecule has 0 aliphatic heterocycles. The number of amides is 1. The van der Waals surface area contributed by atoms with Crippen LogP contribution in [-0.4, -0.2) is 18.0 Å². The van der Waals surface area contributed by atoms with Crippen molar-refractivity contribution in [3.63, 3.8) is 0 Å². The maximum Gasteiger partial charge on any atom is 0.232 e. The van der Waals surface area contributed by atoms with Crippen molar-refractivity contribution in [2.75, 3.05) is 12.0 Å². The van der Waals surface area contributed by atoms with E-state index in [9.17, 15) is 4.79 Å². The highest BCUT2D eigenvalue weighted by Gasteiger charge is 2.32. The number of thiazole rings is 1. The lowest BCUT2D eigenvalue weighted by molar-refractivity contribution is -0.124. The summed E-state index contributed by atoms with van der Waals surface area (Å²) in [5.41, 5.74) is 1.79. The smallest absolute Gasteiger partial charge is 0.232 e. The zero-order valence-electron chi connectivity index (χ0n) is 14.4. The fourth-order valence-corrected chi connectivity index (χ4v) is 4.36. The van der Waals surface area contributed by atoms with Gasteiger partial charge in [-0.25, -0.2) is 4.98 Å². The van der Waals surface area contributed by atoms with Crippen LogP contribution in [0, 0.1) is 5.92 Å². The number of hydrogen-bond donors (Lipinski definition) is 0. The van der Waals surface area contributed by atoms with Crippen LogP contribution < -0.4 is 9.64 Å². The van der Waals surface area contributed by atoms with Crippen molar-refractivity contribution >= 4 is 44.2 Å². The molecule has 3 aromatic rings. The fourth-order valence-electron chi connectivity index (χ4n) is 3.10. The molecule has 1 aliphatic rings. The van der Waals surface area contributed by atoms with Gasteiger partial charge in [0.2, 0.25) is 5.91 Å². The number of halogens is 1. The monoisotopic (exact) mass is 386 g/mol. The second kappa shape index (κ2) is 7.25. The zero-order valence-corrected chi connectivity index (χ0v) is 16.0. The number of carbonyl (C=O) groups is 1. The average Bonchev–Trinajstić information content (AvgIpc) is 3.05. The number of anilines is 1. The number of carbonyl (C=O) groups excluding carboxylic acids is 1. The van der Waals surface area contributed by atoms with Crippen LogP contribution in [0.1, 0.15) is 24.8 Å². The summed E-state index contributed by atoms with van der Waals surface area (Å²) < 4.78 is 6.26. The predicted octanol–water partition coefficient (Wildman–Crippen LogP) is 5.29. The molecule has 4 nitrogen and oxygen atoms in total. The molecule has 0 N–H and O–H groups in total. The van der Waals surface area contributed by atoms with Gasteiger partial charge in [0.1, 0.15) is 11.3 Å². The maximum absolute atomic E-state index is 13.1. The highest BCUT2D eigenvalue weighted by Crippen LogP contribution is 2.40. The average molecular weight is 387 g/mol. The zero-order chi connectivity index (χ0) is 18.1. The molecule has 134 valence electrons. The minimum absolute atomic E-state index is 0.100. The van der Waals surface area contributed by atoms with E-state index in [1.807, 2.05) is 36.4 Å². The fraction of sp³-hybridized carbons (Fsp3) is 0.300. The lowest BCUT2D eigenvalue weighted by Crippen LogP contribution is -2.38. The number of methoxy groups -OCH3 is 1. The molecule has 26 heavy (non-hydrogen) atoms. The van der Waals surface area contributed by atoms with E-state index in [1.165, 1.54) is 11.3 Å². The largest absolute Gasteiger partial charge is 0.494 e. The number of nitrogens with zero attached hydrogens (tertiary/aromatic N) is 2. The second-order valence-electron chi connectivity index (χ2n) is 6.46. The molecule has 1 heterocycles. The highest BCUT2D eigenvalue weighted by atomic mass is 35.5. The molecule has 0 atom stereocenters. The van der Waals surface area contributed by atoms with Crippen molar-refractivity contribution in [3.8, 4) is 5.75 Å². The predicted molar refractivity (Wildman–Crippen MR) is 106 cm³/mol. The Morgan fingerprint density at radius 3 is 2.69 bits per heavy atom. The summed E-state index contributed by atoms with van der Waals surface area (Å²) in [5, 5.41) is 1.30. The molecule has 6 heteroatoms. The Hall–Kier alpha value is -2.11. The van der Waals surface area contributed by atoms with Crippen LogP contribution in [0.5, 0.6) is 5.75 Å². The Labute approximate surface area is 161 Å². The van der Waals surface area contributed by atoms with Gasteiger partial charge in [0.15, 0.2) is 5.13 Å². The molecule has 0 saturated heterocycles. The third-order valence-corrected chi connectivity index (χ3v) is 6.34. The molecule has 2 aromatic carbocycles. The second-order valence-corrected chi connectivity index (χ2v) is 7.85. The third-order valence-electron chi connectivity index (χ3n) is 4.80. The number of fused-ring (bicyclic) bond motifs is 1. The number of rotatable bonds is 5. The van der Waals surface area contributed by atoms with Crippen molar-refractivity contribution in [1.29, 1.82) is 0 Å². The maximum atomic E-state index is 13.1. The lowest BCUT2D eigenvalue weighted by Gasteiger charge is -2.30. The number of aromatic nitrogens is 1. The van der Waals surface area contributed by atoms with Crippen LogP contribution in [0.25, 0.3) is 10.2 Å². The summed E-state index contributed by atoms with van der Waals surface area (Å²) in [5.74, 6) is 0.917. The van der Waals surface area contributed by atoms with Gasteiger partial charge in [-0.1, -0.05) is 59.7 Å². The molecule has 1 aromatic heterocycles. The molecule has 0 radical (unpaired) electrons. The molecule has 1 aliphatic carbocycles. The van der Waals surface area contributed by atoms with Crippen molar-refractivity contribution in [2.24, 2.45) is 5.92 Å². The molecule has 1 fully saturated rings. The van der Waals surface area contributed by atoms with E-state index in [4.69, 9.17) is 21.3 Å². The van der Waals surface area contributed by atoms with Gasteiger partial charge >= 0.3 is 0 Å². The van der Waals surface area contributed by atoms with Crippen molar-refractivity contribution < 1.29 is 9.53 Å². The minimum atomic E-state index is 0.100. The SMILES string of the molecule is COc1ccc(Cl)c2sc(N(Cc3ccccc3)C(=O)C3CCC3)nc12. The number of ether oxygens (including phenoxy) is 1. The Morgan fingerprint density at radius 2 is 2.04 bits per heavy atom. The summed E-state index contributed by atoms with van der Waals surface area (Å²) in [6, 6.07) is 13.6. The van der Waals surface area contributed by atoms with Crippen LogP contribution >= 0.6 is 22.9 Å². The summed E-state index contributed by atoms with van der Waals surface area (Å²) in [6.07, 6.45) is 3.03. The topological polar surface area (TPSA) is 42.4 Å². The van der Waals surface area contributed by atoms with Crippen molar-refractivity contribution in [1.82, 2.24) is 4.98 Å². The van der Waals surface area contributed by atoms with Crippen molar-refractivity contribution in [2.45, 2.75) is 25.8 Å². The van der Waals surface area contributed by atoms with E-state index in [0.29, 0.717) is 28.0 Å². The van der Waals surface area contributed by atoms with E-state index in [2.05, 4.69) is 0 Å². The van der Waals surface area contributed by atoms with Crippen LogP contribution in [-0.2, 0) is 11.3 Å². The van der Waals surface area contributed by atoms with E-state index < -0.39 is 0 Å². The molecule has 1 saturated carbocycles. The number of benzene rings is 2. The van der Waals surface area contributed by atoms with Gasteiger partial charge in [0.25, 0.3) is 0 Å². The first-order valence-corrected chi connectivity index (χ1v) is 9.85. The van der Waals surface area contributed by atoms with Gasteiger partial charge in [-0.05, 0) is 30.5 Å². The molecular weight excluding hydrogens is 368 g/mol. The van der Waals surface area contributed by atoms with Gasteiger partial charge < -0.3 is 4.74 Å². The van der Waals surface area contributed by atoms with E-state index in [0.717, 1.165) is 29.5 Å². The van der Waals surface area contributed by atoms with Crippen LogP contribution in [0.15, 0.2) is 42.5 Å². The number of hydrogen-bond acceptors (Lipinski definition) is 4. The lowest BCUT2D eigenvalue weighted by atomic mass is 9.84. The Bertz CT molecular complexity index is 938. The van der Waals surface area contributed by atoms with Gasteiger partial charge in [-0.2, -0.15) is 0 Å². The first kappa shape index (κ1) is 17.3. The Balaban J connectivity index is 1.76. The molecule has 0 bridgehead atoms. The minimum Gasteiger partial charge on any atom is -0.494 e. The highest BCUT2D eigenvalue weighted by molar-refractivity contribution is 7.23. The molecule has 0 unspecified atom stereocenters. The molecule has 0 spiro atoms. The van der Waals surface area contributed by atoms with Gasteiger partial charge in [-0.3, -0.25) is 9.69 Å². The quantitative estimate of drug-likeness (QED) is 0.598. The van der Waals surface area contributed by atoms with E-state index in [-0.39, 0.29) is 11.8 Å².